The Bertz CT molecular complexity index is 667. The zero-order valence-corrected chi connectivity index (χ0v) is 12.6. The number of alkyl halides is 3. The summed E-state index contributed by atoms with van der Waals surface area (Å²) < 4.78 is 54.3. The van der Waals surface area contributed by atoms with Crippen molar-refractivity contribution in [2.24, 2.45) is 0 Å². The molecule has 23 heavy (non-hydrogen) atoms. The molecule has 0 bridgehead atoms. The van der Waals surface area contributed by atoms with Crippen LogP contribution in [0.2, 0.25) is 0 Å². The minimum atomic E-state index is -4.47. The molecule has 1 saturated carbocycles. The summed E-state index contributed by atoms with van der Waals surface area (Å²) in [5, 5.41) is 2.44. The normalized spacial score (nSPS) is 16.2. The van der Waals surface area contributed by atoms with Crippen LogP contribution in [0.15, 0.2) is 42.5 Å². The molecule has 1 aliphatic carbocycles. The van der Waals surface area contributed by atoms with Gasteiger partial charge >= 0.3 is 6.18 Å². The van der Waals surface area contributed by atoms with Crippen LogP contribution in [0.3, 0.4) is 0 Å². The van der Waals surface area contributed by atoms with Crippen LogP contribution < -0.4 is 5.32 Å². The van der Waals surface area contributed by atoms with Crippen LogP contribution in [0.1, 0.15) is 41.5 Å². The topological polar surface area (TPSA) is 12.0 Å². The molecule has 0 aliphatic heterocycles. The molecule has 0 radical (unpaired) electrons. The minimum Gasteiger partial charge on any atom is -0.370 e. The lowest BCUT2D eigenvalue weighted by atomic mass is 10.0. The van der Waals surface area contributed by atoms with Gasteiger partial charge in [0, 0.05) is 5.69 Å². The third kappa shape index (κ3) is 3.49. The SMILES string of the molecule is Cc1cc(NC(c2ccccc2)C(F)(F)F)cc(F)c1C1CC1. The fraction of sp³-hybridized carbons (Fsp3) is 0.333. The first-order valence-corrected chi connectivity index (χ1v) is 7.54. The average Bonchev–Trinajstić information content (AvgIpc) is 3.28. The first kappa shape index (κ1) is 15.8. The summed E-state index contributed by atoms with van der Waals surface area (Å²) in [6, 6.07) is 8.48. The highest BCUT2D eigenvalue weighted by Crippen LogP contribution is 2.44. The van der Waals surface area contributed by atoms with E-state index >= 15 is 0 Å². The quantitative estimate of drug-likeness (QED) is 0.709. The van der Waals surface area contributed by atoms with Gasteiger partial charge in [0.15, 0.2) is 0 Å². The van der Waals surface area contributed by atoms with Crippen molar-refractivity contribution >= 4 is 5.69 Å². The molecule has 1 atom stereocenters. The Hall–Kier alpha value is -2.04. The lowest BCUT2D eigenvalue weighted by Gasteiger charge is -2.24. The van der Waals surface area contributed by atoms with Crippen LogP contribution in [0, 0.1) is 12.7 Å². The molecular formula is C18H17F4N. The maximum atomic E-state index is 14.2. The Morgan fingerprint density at radius 1 is 1.09 bits per heavy atom. The Morgan fingerprint density at radius 2 is 1.74 bits per heavy atom. The Balaban J connectivity index is 1.92. The highest BCUT2D eigenvalue weighted by Gasteiger charge is 2.41. The standard InChI is InChI=1S/C18H17F4N/c1-11-9-14(10-15(19)16(11)12-7-8-12)23-17(18(20,21)22)13-5-3-2-4-6-13/h2-6,9-10,12,17,23H,7-8H2,1H3. The van der Waals surface area contributed by atoms with E-state index < -0.39 is 18.0 Å². The summed E-state index contributed by atoms with van der Waals surface area (Å²) in [5.74, 6) is -0.208. The second kappa shape index (κ2) is 5.87. The molecule has 1 fully saturated rings. The fourth-order valence-electron chi connectivity index (χ4n) is 2.89. The van der Waals surface area contributed by atoms with E-state index in [0.717, 1.165) is 12.8 Å². The largest absolute Gasteiger partial charge is 0.412 e. The number of nitrogens with one attached hydrogen (secondary N) is 1. The zero-order chi connectivity index (χ0) is 16.6. The summed E-state index contributed by atoms with van der Waals surface area (Å²) >= 11 is 0. The maximum absolute atomic E-state index is 14.2. The lowest BCUT2D eigenvalue weighted by molar-refractivity contribution is -0.144. The fourth-order valence-corrected chi connectivity index (χ4v) is 2.89. The van der Waals surface area contributed by atoms with E-state index in [2.05, 4.69) is 5.32 Å². The second-order valence-electron chi connectivity index (χ2n) is 5.99. The van der Waals surface area contributed by atoms with Gasteiger partial charge in [0.2, 0.25) is 0 Å². The first-order valence-electron chi connectivity index (χ1n) is 7.54. The highest BCUT2D eigenvalue weighted by molar-refractivity contribution is 5.52. The molecule has 1 nitrogen and oxygen atoms in total. The van der Waals surface area contributed by atoms with Gasteiger partial charge in [0.05, 0.1) is 0 Å². The van der Waals surface area contributed by atoms with Gasteiger partial charge in [-0.15, -0.1) is 0 Å². The van der Waals surface area contributed by atoms with Crippen LogP contribution in [-0.2, 0) is 0 Å². The molecular weight excluding hydrogens is 306 g/mol. The second-order valence-corrected chi connectivity index (χ2v) is 5.99. The number of aryl methyl sites for hydroxylation is 1. The van der Waals surface area contributed by atoms with Gasteiger partial charge < -0.3 is 5.32 Å². The van der Waals surface area contributed by atoms with Crippen molar-refractivity contribution in [1.29, 1.82) is 0 Å². The van der Waals surface area contributed by atoms with Crippen molar-refractivity contribution in [3.05, 3.63) is 65.0 Å². The van der Waals surface area contributed by atoms with Gasteiger partial charge in [-0.2, -0.15) is 13.2 Å². The van der Waals surface area contributed by atoms with Crippen LogP contribution in [0.4, 0.5) is 23.2 Å². The van der Waals surface area contributed by atoms with Crippen molar-refractivity contribution in [1.82, 2.24) is 0 Å². The van der Waals surface area contributed by atoms with Gasteiger partial charge in [-0.3, -0.25) is 0 Å². The van der Waals surface area contributed by atoms with Crippen molar-refractivity contribution in [3.8, 4) is 0 Å². The molecule has 2 aromatic rings. The van der Waals surface area contributed by atoms with E-state index in [4.69, 9.17) is 0 Å². The van der Waals surface area contributed by atoms with E-state index in [1.165, 1.54) is 18.2 Å². The number of benzene rings is 2. The molecule has 2 aromatic carbocycles. The summed E-state index contributed by atoms with van der Waals surface area (Å²) in [4.78, 5) is 0. The molecule has 0 aromatic heterocycles. The molecule has 1 aliphatic rings. The molecule has 0 spiro atoms. The van der Waals surface area contributed by atoms with Crippen LogP contribution in [-0.4, -0.2) is 6.18 Å². The predicted molar refractivity (Wildman–Crippen MR) is 82.0 cm³/mol. The Kier molecular flexibility index (Phi) is 4.04. The summed E-state index contributed by atoms with van der Waals surface area (Å²) in [6.07, 6.45) is -2.58. The third-order valence-corrected chi connectivity index (χ3v) is 4.09. The van der Waals surface area contributed by atoms with Crippen molar-refractivity contribution in [2.75, 3.05) is 5.32 Å². The van der Waals surface area contributed by atoms with Crippen LogP contribution in [0.25, 0.3) is 0 Å². The smallest absolute Gasteiger partial charge is 0.370 e. The minimum absolute atomic E-state index is 0.101. The van der Waals surface area contributed by atoms with Gasteiger partial charge in [-0.1, -0.05) is 30.3 Å². The summed E-state index contributed by atoms with van der Waals surface area (Å²) in [6.45, 7) is 1.74. The van der Waals surface area contributed by atoms with E-state index in [0.29, 0.717) is 11.1 Å². The molecule has 122 valence electrons. The van der Waals surface area contributed by atoms with Crippen molar-refractivity contribution in [3.63, 3.8) is 0 Å². The van der Waals surface area contributed by atoms with Crippen molar-refractivity contribution in [2.45, 2.75) is 37.9 Å². The molecule has 3 rings (SSSR count). The lowest BCUT2D eigenvalue weighted by Crippen LogP contribution is -2.28. The number of anilines is 1. The first-order chi connectivity index (χ1) is 10.9. The number of rotatable bonds is 4. The molecule has 0 saturated heterocycles. The molecule has 1 N–H and O–H groups in total. The average molecular weight is 323 g/mol. The van der Waals surface area contributed by atoms with Gasteiger partial charge in [0.25, 0.3) is 0 Å². The molecule has 0 amide bonds. The number of hydrogen-bond acceptors (Lipinski definition) is 1. The predicted octanol–water partition coefficient (Wildman–Crippen LogP) is 5.73. The zero-order valence-electron chi connectivity index (χ0n) is 12.6. The molecule has 5 heteroatoms. The van der Waals surface area contributed by atoms with Gasteiger partial charge in [0.1, 0.15) is 11.9 Å². The van der Waals surface area contributed by atoms with Gasteiger partial charge in [-0.25, -0.2) is 4.39 Å². The van der Waals surface area contributed by atoms with E-state index in [1.54, 1.807) is 31.2 Å². The summed E-state index contributed by atoms with van der Waals surface area (Å²) in [5.41, 5.74) is 1.59. The van der Waals surface area contributed by atoms with E-state index in [-0.39, 0.29) is 17.2 Å². The maximum Gasteiger partial charge on any atom is 0.412 e. The van der Waals surface area contributed by atoms with E-state index in [9.17, 15) is 17.6 Å². The van der Waals surface area contributed by atoms with E-state index in [1.807, 2.05) is 0 Å². The monoisotopic (exact) mass is 323 g/mol. The van der Waals surface area contributed by atoms with Gasteiger partial charge in [-0.05, 0) is 54.5 Å². The summed E-state index contributed by atoms with van der Waals surface area (Å²) in [7, 11) is 0. The van der Waals surface area contributed by atoms with Crippen LogP contribution in [0.5, 0.6) is 0 Å². The number of halogens is 4. The Labute approximate surface area is 132 Å². The van der Waals surface area contributed by atoms with Crippen molar-refractivity contribution < 1.29 is 17.6 Å². The number of hydrogen-bond donors (Lipinski definition) is 1. The molecule has 0 heterocycles. The van der Waals surface area contributed by atoms with Crippen LogP contribution >= 0.6 is 0 Å². The molecule has 1 unspecified atom stereocenters. The third-order valence-electron chi connectivity index (χ3n) is 4.09. The Morgan fingerprint density at radius 3 is 2.26 bits per heavy atom. The highest BCUT2D eigenvalue weighted by atomic mass is 19.4.